The van der Waals surface area contributed by atoms with Crippen LogP contribution >= 0.6 is 0 Å². The van der Waals surface area contributed by atoms with Gasteiger partial charge in [-0.3, -0.25) is 9.29 Å². The van der Waals surface area contributed by atoms with E-state index in [-0.39, 0.29) is 18.0 Å². The maximum Gasteiger partial charge on any atom is 0.238 e. The SMILES string of the molecule is [B]C(C)(F)Cn1c(C#CCNc2ccc(S(N)(=O)=O)cc2OC)cc2c1=CCCC=2NC1CCC(N2CC3CC(C2)O3)CC1. The predicted octanol–water partition coefficient (Wildman–Crippen LogP) is 1.52. The first kappa shape index (κ1) is 31.0. The normalized spacial score (nSPS) is 26.2. The number of benzene rings is 1. The van der Waals surface area contributed by atoms with E-state index in [1.165, 1.54) is 51.1 Å². The topological polar surface area (TPSA) is 111 Å². The Morgan fingerprint density at radius 1 is 1.20 bits per heavy atom. The summed E-state index contributed by atoms with van der Waals surface area (Å²) in [5, 5.41) is 14.3. The fraction of sp³-hybridized carbons (Fsp3) is 0.562. The number of morpholine rings is 1. The van der Waals surface area contributed by atoms with Crippen LogP contribution in [0.1, 0.15) is 57.6 Å². The number of ether oxygens (including phenoxy) is 2. The minimum absolute atomic E-state index is 0.0148. The molecule has 3 saturated heterocycles. The molecule has 12 heteroatoms. The first-order valence-electron chi connectivity index (χ1n) is 15.5. The third-order valence-electron chi connectivity index (χ3n) is 9.13. The van der Waals surface area contributed by atoms with Crippen molar-refractivity contribution in [3.63, 3.8) is 0 Å². The summed E-state index contributed by atoms with van der Waals surface area (Å²) < 4.78 is 51.2. The lowest BCUT2D eigenvalue weighted by Crippen LogP contribution is -2.60. The van der Waals surface area contributed by atoms with Crippen LogP contribution in [-0.2, 0) is 21.3 Å². The number of nitrogens with zero attached hydrogens (tertiary/aromatic N) is 2. The summed E-state index contributed by atoms with van der Waals surface area (Å²) in [6.45, 7) is 3.77. The molecule has 2 radical (unpaired) electrons. The van der Waals surface area contributed by atoms with E-state index in [0.29, 0.717) is 41.4 Å². The van der Waals surface area contributed by atoms with Gasteiger partial charge in [-0.25, -0.2) is 13.6 Å². The minimum Gasteiger partial charge on any atom is -0.495 e. The molecule has 3 aliphatic heterocycles. The molecule has 9 nitrogen and oxygen atoms in total. The molecular formula is C32H41BFN5O4S. The molecule has 3 unspecified atom stereocenters. The predicted molar refractivity (Wildman–Crippen MR) is 170 cm³/mol. The molecule has 1 aromatic heterocycles. The molecule has 0 amide bonds. The largest absolute Gasteiger partial charge is 0.495 e. The second kappa shape index (κ2) is 12.4. The highest BCUT2D eigenvalue weighted by atomic mass is 32.2. The Morgan fingerprint density at radius 3 is 2.59 bits per heavy atom. The molecule has 4 fully saturated rings. The van der Waals surface area contributed by atoms with E-state index in [1.807, 2.05) is 10.6 Å². The fourth-order valence-electron chi connectivity index (χ4n) is 7.03. The minimum atomic E-state index is -3.85. The van der Waals surface area contributed by atoms with Crippen LogP contribution in [0.15, 0.2) is 29.2 Å². The Kier molecular flexibility index (Phi) is 8.77. The smallest absolute Gasteiger partial charge is 0.238 e. The van der Waals surface area contributed by atoms with Gasteiger partial charge in [0.2, 0.25) is 10.0 Å². The van der Waals surface area contributed by atoms with E-state index >= 15 is 0 Å². The van der Waals surface area contributed by atoms with Crippen LogP contribution in [0.5, 0.6) is 5.75 Å². The molecule has 2 bridgehead atoms. The molecule has 234 valence electrons. The molecule has 44 heavy (non-hydrogen) atoms. The number of methoxy groups -OCH3 is 1. The number of piperidine rings is 1. The summed E-state index contributed by atoms with van der Waals surface area (Å²) in [4.78, 5) is 2.61. The maximum atomic E-state index is 14.8. The van der Waals surface area contributed by atoms with Crippen molar-refractivity contribution < 1.29 is 22.3 Å². The van der Waals surface area contributed by atoms with Crippen molar-refractivity contribution in [2.45, 2.75) is 93.2 Å². The van der Waals surface area contributed by atoms with Gasteiger partial charge in [-0.05, 0) is 69.6 Å². The highest BCUT2D eigenvalue weighted by Gasteiger charge is 2.41. The average molecular weight is 622 g/mol. The standard InChI is InChI=1S/C32H41BFN5O4S/c1-32(33,34)20-39-23(5-4-14-36-29-13-12-26(44(35,40)41)17-31(29)42-2)15-27-28(6-3-7-30(27)39)37-21-8-10-22(11-9-21)38-18-24-16-25(19-38)43-24/h7,12-13,15,17,21-22,24-25,36-37H,3,6,8-11,14,16,18-20H2,1-2H3,(H2,35,40,41). The van der Waals surface area contributed by atoms with Gasteiger partial charge in [-0.1, -0.05) is 12.0 Å². The van der Waals surface area contributed by atoms with Gasteiger partial charge in [0.05, 0.1) is 47.7 Å². The van der Waals surface area contributed by atoms with Crippen LogP contribution in [0.25, 0.3) is 11.8 Å². The molecule has 1 aromatic carbocycles. The van der Waals surface area contributed by atoms with Crippen LogP contribution in [0, 0.1) is 11.8 Å². The van der Waals surface area contributed by atoms with Gasteiger partial charge >= 0.3 is 0 Å². The Hall–Kier alpha value is -2.98. The number of alkyl halides is 1. The second-order valence-electron chi connectivity index (χ2n) is 12.7. The number of halogens is 1. The van der Waals surface area contributed by atoms with Gasteiger partial charge in [-0.2, -0.15) is 0 Å². The lowest BCUT2D eigenvalue weighted by molar-refractivity contribution is -0.189. The zero-order chi connectivity index (χ0) is 31.1. The lowest BCUT2D eigenvalue weighted by atomic mass is 9.85. The molecule has 1 saturated carbocycles. The van der Waals surface area contributed by atoms with Crippen molar-refractivity contribution in [2.75, 3.05) is 32.1 Å². The van der Waals surface area contributed by atoms with Crippen molar-refractivity contribution in [3.8, 4) is 17.6 Å². The quantitative estimate of drug-likeness (QED) is 0.288. The zero-order valence-electron chi connectivity index (χ0n) is 25.4. The summed E-state index contributed by atoms with van der Waals surface area (Å²) >= 11 is 0. The lowest BCUT2D eigenvalue weighted by Gasteiger charge is -2.50. The van der Waals surface area contributed by atoms with Gasteiger partial charge in [0, 0.05) is 60.5 Å². The van der Waals surface area contributed by atoms with Gasteiger partial charge in [0.1, 0.15) is 13.6 Å². The molecule has 3 atom stereocenters. The van der Waals surface area contributed by atoms with Gasteiger partial charge in [-0.15, -0.1) is 0 Å². The molecule has 5 aliphatic rings. The molecule has 7 rings (SSSR count). The first-order chi connectivity index (χ1) is 21.0. The highest BCUT2D eigenvalue weighted by molar-refractivity contribution is 7.89. The number of primary sulfonamides is 1. The zero-order valence-corrected chi connectivity index (χ0v) is 26.3. The Balaban J connectivity index is 1.18. The van der Waals surface area contributed by atoms with Crippen molar-refractivity contribution in [1.29, 1.82) is 0 Å². The Bertz CT molecular complexity index is 1670. The van der Waals surface area contributed by atoms with Crippen LogP contribution in [0.4, 0.5) is 10.1 Å². The average Bonchev–Trinajstić information content (AvgIpc) is 3.31. The first-order valence-corrected chi connectivity index (χ1v) is 17.0. The number of sulfonamides is 1. The summed E-state index contributed by atoms with van der Waals surface area (Å²) in [7, 11) is 3.44. The number of rotatable bonds is 9. The fourth-order valence-corrected chi connectivity index (χ4v) is 7.56. The number of fused-ring (bicyclic) bond motifs is 3. The molecular weight excluding hydrogens is 580 g/mol. The monoisotopic (exact) mass is 621 g/mol. The third kappa shape index (κ3) is 6.96. The molecule has 2 aromatic rings. The van der Waals surface area contributed by atoms with E-state index in [2.05, 4.69) is 33.5 Å². The molecule has 4 heterocycles. The van der Waals surface area contributed by atoms with Crippen molar-refractivity contribution in [3.05, 3.63) is 40.5 Å². The summed E-state index contributed by atoms with van der Waals surface area (Å²) in [5.74, 6) is 6.66. The van der Waals surface area contributed by atoms with Gasteiger partial charge in [0.25, 0.3) is 0 Å². The molecule has 0 spiro atoms. The Morgan fingerprint density at radius 2 is 1.93 bits per heavy atom. The van der Waals surface area contributed by atoms with E-state index in [0.717, 1.165) is 49.3 Å². The van der Waals surface area contributed by atoms with Crippen LogP contribution in [0.2, 0.25) is 0 Å². The van der Waals surface area contributed by atoms with Gasteiger partial charge in [0.15, 0.2) is 0 Å². The van der Waals surface area contributed by atoms with E-state index in [9.17, 15) is 12.8 Å². The van der Waals surface area contributed by atoms with Crippen molar-refractivity contribution >= 4 is 35.3 Å². The number of nitrogens with two attached hydrogens (primary N) is 1. The number of hydrogen-bond donors (Lipinski definition) is 3. The second-order valence-corrected chi connectivity index (χ2v) is 14.3. The summed E-state index contributed by atoms with van der Waals surface area (Å²) in [6.07, 6.45) is 10.7. The number of aromatic nitrogens is 1. The summed E-state index contributed by atoms with van der Waals surface area (Å²) in [5.41, 5.74) is 0.554. The van der Waals surface area contributed by atoms with Crippen LogP contribution in [0.3, 0.4) is 0 Å². The van der Waals surface area contributed by atoms with E-state index in [4.69, 9.17) is 22.5 Å². The number of hydrogen-bond acceptors (Lipinski definition) is 7. The van der Waals surface area contributed by atoms with E-state index in [1.54, 1.807) is 6.07 Å². The van der Waals surface area contributed by atoms with Crippen molar-refractivity contribution in [2.24, 2.45) is 5.14 Å². The molecule has 2 aliphatic carbocycles. The van der Waals surface area contributed by atoms with Crippen LogP contribution in [-0.4, -0.2) is 82.3 Å². The number of nitrogens with one attached hydrogen (secondary N) is 2. The molecule has 4 N–H and O–H groups in total. The summed E-state index contributed by atoms with van der Waals surface area (Å²) in [6, 6.07) is 7.47. The maximum absolute atomic E-state index is 14.8. The van der Waals surface area contributed by atoms with Crippen molar-refractivity contribution in [1.82, 2.24) is 14.8 Å². The number of anilines is 1. The third-order valence-corrected chi connectivity index (χ3v) is 10.0. The van der Waals surface area contributed by atoms with Gasteiger partial charge < -0.3 is 24.7 Å². The Labute approximate surface area is 260 Å². The van der Waals surface area contributed by atoms with E-state index < -0.39 is 15.6 Å². The highest BCUT2D eigenvalue weighted by Crippen LogP contribution is 2.33. The van der Waals surface area contributed by atoms with Crippen LogP contribution < -0.4 is 31.1 Å².